The smallest absolute Gasteiger partial charge is 0.347 e. The first-order valence-corrected chi connectivity index (χ1v) is 4.82. The van der Waals surface area contributed by atoms with E-state index in [1.54, 1.807) is 13.1 Å². The second-order valence-corrected chi connectivity index (χ2v) is 3.16. The highest BCUT2D eigenvalue weighted by Gasteiger charge is 2.03. The van der Waals surface area contributed by atoms with Gasteiger partial charge in [0.25, 0.3) is 0 Å². The number of hydrogen-bond donors (Lipinski definition) is 0. The SMILES string of the molecule is CCOC(=O)CCn1cc(C)cnc1=O. The van der Waals surface area contributed by atoms with E-state index in [2.05, 4.69) is 4.98 Å². The lowest BCUT2D eigenvalue weighted by molar-refractivity contribution is -0.143. The summed E-state index contributed by atoms with van der Waals surface area (Å²) in [6, 6.07) is 0. The molecule has 82 valence electrons. The molecule has 5 nitrogen and oxygen atoms in total. The molecule has 1 rings (SSSR count). The highest BCUT2D eigenvalue weighted by atomic mass is 16.5. The summed E-state index contributed by atoms with van der Waals surface area (Å²) in [6.07, 6.45) is 3.37. The van der Waals surface area contributed by atoms with Gasteiger partial charge in [-0.05, 0) is 19.4 Å². The Morgan fingerprint density at radius 3 is 3.00 bits per heavy atom. The molecule has 0 aromatic carbocycles. The molecule has 0 saturated heterocycles. The summed E-state index contributed by atoms with van der Waals surface area (Å²) in [6.45, 7) is 4.26. The van der Waals surface area contributed by atoms with Gasteiger partial charge in [-0.25, -0.2) is 9.78 Å². The molecule has 15 heavy (non-hydrogen) atoms. The topological polar surface area (TPSA) is 61.2 Å². The predicted octanol–water partition coefficient (Wildman–Crippen LogP) is 0.505. The normalized spacial score (nSPS) is 10.0. The van der Waals surface area contributed by atoms with E-state index in [0.29, 0.717) is 13.2 Å². The molecule has 0 radical (unpaired) electrons. The first-order chi connectivity index (χ1) is 7.13. The van der Waals surface area contributed by atoms with Crippen molar-refractivity contribution < 1.29 is 9.53 Å². The Morgan fingerprint density at radius 1 is 1.60 bits per heavy atom. The lowest BCUT2D eigenvalue weighted by Crippen LogP contribution is -2.24. The molecule has 0 aliphatic heterocycles. The zero-order valence-corrected chi connectivity index (χ0v) is 8.90. The maximum Gasteiger partial charge on any atom is 0.347 e. The summed E-state index contributed by atoms with van der Waals surface area (Å²) < 4.78 is 6.17. The summed E-state index contributed by atoms with van der Waals surface area (Å²) in [4.78, 5) is 26.0. The minimum absolute atomic E-state index is 0.193. The van der Waals surface area contributed by atoms with Crippen LogP contribution in [0.15, 0.2) is 17.2 Å². The predicted molar refractivity (Wildman–Crippen MR) is 54.5 cm³/mol. The molecule has 0 unspecified atom stereocenters. The lowest BCUT2D eigenvalue weighted by Gasteiger charge is -2.05. The van der Waals surface area contributed by atoms with E-state index in [0.717, 1.165) is 5.56 Å². The fraction of sp³-hybridized carbons (Fsp3) is 0.500. The second-order valence-electron chi connectivity index (χ2n) is 3.16. The molecule has 0 aliphatic carbocycles. The van der Waals surface area contributed by atoms with Crippen LogP contribution in [-0.2, 0) is 16.1 Å². The van der Waals surface area contributed by atoms with Crippen molar-refractivity contribution in [3.8, 4) is 0 Å². The van der Waals surface area contributed by atoms with E-state index in [-0.39, 0.29) is 18.1 Å². The van der Waals surface area contributed by atoms with Crippen LogP contribution in [0.3, 0.4) is 0 Å². The summed E-state index contributed by atoms with van der Waals surface area (Å²) >= 11 is 0. The highest BCUT2D eigenvalue weighted by Crippen LogP contribution is 1.93. The van der Waals surface area contributed by atoms with Crippen molar-refractivity contribution in [3.63, 3.8) is 0 Å². The quantitative estimate of drug-likeness (QED) is 0.679. The Hall–Kier alpha value is -1.65. The van der Waals surface area contributed by atoms with Crippen molar-refractivity contribution in [3.05, 3.63) is 28.4 Å². The van der Waals surface area contributed by atoms with Gasteiger partial charge < -0.3 is 4.74 Å². The zero-order valence-electron chi connectivity index (χ0n) is 8.90. The summed E-state index contributed by atoms with van der Waals surface area (Å²) in [7, 11) is 0. The largest absolute Gasteiger partial charge is 0.466 e. The van der Waals surface area contributed by atoms with Gasteiger partial charge in [0, 0.05) is 18.9 Å². The zero-order chi connectivity index (χ0) is 11.3. The second kappa shape index (κ2) is 5.29. The number of nitrogens with zero attached hydrogens (tertiary/aromatic N) is 2. The van der Waals surface area contributed by atoms with Gasteiger partial charge in [0.05, 0.1) is 13.0 Å². The highest BCUT2D eigenvalue weighted by molar-refractivity contribution is 5.69. The number of carbonyl (C=O) groups is 1. The van der Waals surface area contributed by atoms with E-state index in [1.165, 1.54) is 10.8 Å². The van der Waals surface area contributed by atoms with Gasteiger partial charge in [-0.15, -0.1) is 0 Å². The van der Waals surface area contributed by atoms with Crippen LogP contribution in [0.1, 0.15) is 18.9 Å². The minimum atomic E-state index is -0.343. The van der Waals surface area contributed by atoms with Crippen LogP contribution in [0.5, 0.6) is 0 Å². The molecule has 0 N–H and O–H groups in total. The van der Waals surface area contributed by atoms with Gasteiger partial charge >= 0.3 is 11.7 Å². The number of carbonyl (C=O) groups excluding carboxylic acids is 1. The Bertz CT molecular complexity index is 398. The molecule has 1 aromatic rings. The van der Waals surface area contributed by atoms with Gasteiger partial charge in [-0.2, -0.15) is 0 Å². The molecule has 0 saturated carbocycles. The van der Waals surface area contributed by atoms with Crippen molar-refractivity contribution in [2.45, 2.75) is 26.8 Å². The third kappa shape index (κ3) is 3.53. The van der Waals surface area contributed by atoms with Crippen molar-refractivity contribution in [1.29, 1.82) is 0 Å². The maximum absolute atomic E-state index is 11.2. The molecule has 0 spiro atoms. The number of hydrogen-bond acceptors (Lipinski definition) is 4. The van der Waals surface area contributed by atoms with Crippen molar-refractivity contribution in [2.75, 3.05) is 6.61 Å². The average molecular weight is 210 g/mol. The van der Waals surface area contributed by atoms with Crippen LogP contribution < -0.4 is 5.69 Å². The molecule has 0 aliphatic rings. The van der Waals surface area contributed by atoms with Crippen molar-refractivity contribution >= 4 is 5.97 Å². The van der Waals surface area contributed by atoms with Gasteiger partial charge in [0.1, 0.15) is 0 Å². The van der Waals surface area contributed by atoms with E-state index in [1.807, 2.05) is 6.92 Å². The van der Waals surface area contributed by atoms with Crippen LogP contribution in [-0.4, -0.2) is 22.1 Å². The molecule has 5 heteroatoms. The number of ether oxygens (including phenoxy) is 1. The Balaban J connectivity index is 2.61. The van der Waals surface area contributed by atoms with Crippen LogP contribution >= 0.6 is 0 Å². The van der Waals surface area contributed by atoms with E-state index < -0.39 is 0 Å². The van der Waals surface area contributed by atoms with Crippen molar-refractivity contribution in [1.82, 2.24) is 9.55 Å². The molecule has 0 atom stereocenters. The van der Waals surface area contributed by atoms with Crippen LogP contribution in [0.4, 0.5) is 0 Å². The average Bonchev–Trinajstić information content (AvgIpc) is 2.20. The Labute approximate surface area is 87.7 Å². The molecular weight excluding hydrogens is 196 g/mol. The number of aromatic nitrogens is 2. The number of rotatable bonds is 4. The van der Waals surface area contributed by atoms with Gasteiger partial charge in [-0.1, -0.05) is 0 Å². The minimum Gasteiger partial charge on any atom is -0.466 e. The fourth-order valence-corrected chi connectivity index (χ4v) is 1.17. The molecule has 1 aromatic heterocycles. The molecule has 0 bridgehead atoms. The fourth-order valence-electron chi connectivity index (χ4n) is 1.17. The summed E-state index contributed by atoms with van der Waals surface area (Å²) in [5.74, 6) is -0.300. The van der Waals surface area contributed by atoms with E-state index >= 15 is 0 Å². The number of aryl methyl sites for hydroxylation is 2. The third-order valence-corrected chi connectivity index (χ3v) is 1.85. The third-order valence-electron chi connectivity index (χ3n) is 1.85. The number of esters is 1. The first-order valence-electron chi connectivity index (χ1n) is 4.82. The Morgan fingerprint density at radius 2 is 2.33 bits per heavy atom. The van der Waals surface area contributed by atoms with Gasteiger partial charge in [-0.3, -0.25) is 9.36 Å². The van der Waals surface area contributed by atoms with Crippen molar-refractivity contribution in [2.24, 2.45) is 0 Å². The summed E-state index contributed by atoms with van der Waals surface area (Å²) in [5, 5.41) is 0. The maximum atomic E-state index is 11.2. The molecule has 0 fully saturated rings. The first kappa shape index (κ1) is 11.4. The molecule has 0 amide bonds. The van der Waals surface area contributed by atoms with Crippen LogP contribution in [0.25, 0.3) is 0 Å². The van der Waals surface area contributed by atoms with Gasteiger partial charge in [0.2, 0.25) is 0 Å². The lowest BCUT2D eigenvalue weighted by atomic mass is 10.4. The standard InChI is InChI=1S/C10H14N2O3/c1-3-15-9(13)4-5-12-7-8(2)6-11-10(12)14/h6-7H,3-5H2,1-2H3. The monoisotopic (exact) mass is 210 g/mol. The molecule has 1 heterocycles. The molecular formula is C10H14N2O3. The van der Waals surface area contributed by atoms with E-state index in [4.69, 9.17) is 4.74 Å². The summed E-state index contributed by atoms with van der Waals surface area (Å²) in [5.41, 5.74) is 0.545. The Kier molecular flexibility index (Phi) is 4.03. The van der Waals surface area contributed by atoms with Crippen LogP contribution in [0.2, 0.25) is 0 Å². The van der Waals surface area contributed by atoms with Crippen LogP contribution in [0, 0.1) is 6.92 Å². The van der Waals surface area contributed by atoms with Gasteiger partial charge in [0.15, 0.2) is 0 Å². The van der Waals surface area contributed by atoms with E-state index in [9.17, 15) is 9.59 Å².